The number of benzene rings is 1. The van der Waals surface area contributed by atoms with E-state index in [9.17, 15) is 9.90 Å². The lowest BCUT2D eigenvalue weighted by molar-refractivity contribution is -0.149. The molecule has 1 rings (SSSR count). The molecule has 0 aliphatic carbocycles. The van der Waals surface area contributed by atoms with E-state index in [4.69, 9.17) is 14.2 Å². The monoisotopic (exact) mass is 346 g/mol. The van der Waals surface area contributed by atoms with Crippen molar-refractivity contribution in [2.45, 2.75) is 19.4 Å². The van der Waals surface area contributed by atoms with Crippen LogP contribution in [-0.2, 0) is 9.53 Å². The molecule has 0 aliphatic heterocycles. The number of carbonyl (C=O) groups excluding carboxylic acids is 1. The summed E-state index contributed by atoms with van der Waals surface area (Å²) in [4.78, 5) is 11.7. The van der Waals surface area contributed by atoms with Gasteiger partial charge in [-0.3, -0.25) is 4.79 Å². The topological polar surface area (TPSA) is 65.0 Å². The zero-order chi connectivity index (χ0) is 15.3. The fourth-order valence-corrected chi connectivity index (χ4v) is 2.54. The molecule has 0 saturated heterocycles. The number of hydrogen-bond donors (Lipinski definition) is 1. The van der Waals surface area contributed by atoms with Crippen LogP contribution in [0.1, 0.15) is 25.0 Å². The highest BCUT2D eigenvalue weighted by molar-refractivity contribution is 9.10. The van der Waals surface area contributed by atoms with E-state index in [1.165, 1.54) is 21.3 Å². The summed E-state index contributed by atoms with van der Waals surface area (Å²) < 4.78 is 15.7. The molecule has 0 aliphatic rings. The maximum Gasteiger partial charge on any atom is 0.311 e. The zero-order valence-electron chi connectivity index (χ0n) is 12.0. The Morgan fingerprint density at radius 1 is 1.25 bits per heavy atom. The van der Waals surface area contributed by atoms with Crippen LogP contribution in [-0.4, -0.2) is 32.4 Å². The molecule has 1 aromatic rings. The molecular weight excluding hydrogens is 328 g/mol. The summed E-state index contributed by atoms with van der Waals surface area (Å²) in [6.07, 6.45) is -0.518. The molecule has 0 amide bonds. The molecule has 112 valence electrons. The van der Waals surface area contributed by atoms with Crippen molar-refractivity contribution in [1.82, 2.24) is 0 Å². The summed E-state index contributed by atoms with van der Waals surface area (Å²) >= 11 is 3.37. The standard InChI is InChI=1S/C14H19BrO5/c1-5-8(14(17)20-4)13(16)9-6-11(18-2)12(19-3)7-10(9)15/h6-8,13,16H,5H2,1-4H3. The number of ether oxygens (including phenoxy) is 3. The maximum atomic E-state index is 11.7. The van der Waals surface area contributed by atoms with Crippen LogP contribution in [0.5, 0.6) is 11.5 Å². The highest BCUT2D eigenvalue weighted by Gasteiger charge is 2.29. The number of methoxy groups -OCH3 is 3. The van der Waals surface area contributed by atoms with Crippen molar-refractivity contribution >= 4 is 21.9 Å². The summed E-state index contributed by atoms with van der Waals surface area (Å²) in [7, 11) is 4.35. The van der Waals surface area contributed by atoms with Gasteiger partial charge in [0, 0.05) is 4.47 Å². The Morgan fingerprint density at radius 3 is 2.25 bits per heavy atom. The predicted molar refractivity (Wildman–Crippen MR) is 78.0 cm³/mol. The van der Waals surface area contributed by atoms with Crippen LogP contribution in [0.25, 0.3) is 0 Å². The number of halogens is 1. The molecule has 5 nitrogen and oxygen atoms in total. The fourth-order valence-electron chi connectivity index (χ4n) is 1.98. The van der Waals surface area contributed by atoms with Crippen molar-refractivity contribution in [2.75, 3.05) is 21.3 Å². The largest absolute Gasteiger partial charge is 0.493 e. The molecule has 0 spiro atoms. The average molecular weight is 347 g/mol. The number of aliphatic hydroxyl groups is 1. The smallest absolute Gasteiger partial charge is 0.311 e. The summed E-state index contributed by atoms with van der Waals surface area (Å²) in [5, 5.41) is 10.4. The molecule has 0 aromatic heterocycles. The molecule has 2 unspecified atom stereocenters. The van der Waals surface area contributed by atoms with E-state index in [0.717, 1.165) is 0 Å². The third kappa shape index (κ3) is 3.43. The maximum absolute atomic E-state index is 11.7. The van der Waals surface area contributed by atoms with Gasteiger partial charge in [-0.2, -0.15) is 0 Å². The van der Waals surface area contributed by atoms with E-state index in [-0.39, 0.29) is 0 Å². The van der Waals surface area contributed by atoms with Crippen LogP contribution >= 0.6 is 15.9 Å². The average Bonchev–Trinajstić information content (AvgIpc) is 2.46. The third-order valence-electron chi connectivity index (χ3n) is 3.15. The number of hydrogen-bond acceptors (Lipinski definition) is 5. The molecule has 0 saturated carbocycles. The number of carbonyl (C=O) groups is 1. The summed E-state index contributed by atoms with van der Waals surface area (Å²) in [5.74, 6) is -0.0398. The highest BCUT2D eigenvalue weighted by atomic mass is 79.9. The van der Waals surface area contributed by atoms with Crippen molar-refractivity contribution in [1.29, 1.82) is 0 Å². The van der Waals surface area contributed by atoms with E-state index in [1.54, 1.807) is 12.1 Å². The van der Waals surface area contributed by atoms with Crippen molar-refractivity contribution in [3.05, 3.63) is 22.2 Å². The minimum atomic E-state index is -0.985. The number of rotatable bonds is 6. The molecule has 0 radical (unpaired) electrons. The Kier molecular flexibility index (Phi) is 6.29. The Morgan fingerprint density at radius 2 is 1.80 bits per heavy atom. The summed E-state index contributed by atoms with van der Waals surface area (Å²) in [6, 6.07) is 3.35. The van der Waals surface area contributed by atoms with E-state index >= 15 is 0 Å². The van der Waals surface area contributed by atoms with Crippen molar-refractivity contribution in [3.63, 3.8) is 0 Å². The molecule has 6 heteroatoms. The molecule has 20 heavy (non-hydrogen) atoms. The van der Waals surface area contributed by atoms with Crippen LogP contribution < -0.4 is 9.47 Å². The van der Waals surface area contributed by atoms with Crippen LogP contribution in [0.4, 0.5) is 0 Å². The second kappa shape index (κ2) is 7.50. The first kappa shape index (κ1) is 16.8. The van der Waals surface area contributed by atoms with Crippen LogP contribution in [0.2, 0.25) is 0 Å². The van der Waals surface area contributed by atoms with Gasteiger partial charge in [-0.1, -0.05) is 22.9 Å². The van der Waals surface area contributed by atoms with Gasteiger partial charge in [-0.25, -0.2) is 0 Å². The van der Waals surface area contributed by atoms with Crippen molar-refractivity contribution in [3.8, 4) is 11.5 Å². The minimum absolute atomic E-state index is 0.443. The van der Waals surface area contributed by atoms with Crippen molar-refractivity contribution in [2.24, 2.45) is 5.92 Å². The second-order valence-corrected chi connectivity index (χ2v) is 5.07. The van der Waals surface area contributed by atoms with Crippen LogP contribution in [0, 0.1) is 5.92 Å². The Bertz CT molecular complexity index is 475. The van der Waals surface area contributed by atoms with Gasteiger partial charge in [-0.05, 0) is 24.1 Å². The molecular formula is C14H19BrO5. The van der Waals surface area contributed by atoms with Gasteiger partial charge in [0.1, 0.15) is 0 Å². The van der Waals surface area contributed by atoms with Gasteiger partial charge in [0.25, 0.3) is 0 Å². The fraction of sp³-hybridized carbons (Fsp3) is 0.500. The zero-order valence-corrected chi connectivity index (χ0v) is 13.6. The molecule has 0 fully saturated rings. The number of esters is 1. The van der Waals surface area contributed by atoms with Gasteiger partial charge in [0.05, 0.1) is 33.4 Å². The quantitative estimate of drug-likeness (QED) is 0.802. The van der Waals surface area contributed by atoms with Gasteiger partial charge in [-0.15, -0.1) is 0 Å². The first-order valence-electron chi connectivity index (χ1n) is 6.17. The van der Waals surface area contributed by atoms with Crippen LogP contribution in [0.15, 0.2) is 16.6 Å². The minimum Gasteiger partial charge on any atom is -0.493 e. The summed E-state index contributed by atoms with van der Waals surface area (Å²) in [5.41, 5.74) is 0.555. The van der Waals surface area contributed by atoms with E-state index in [0.29, 0.717) is 28.0 Å². The van der Waals surface area contributed by atoms with E-state index < -0.39 is 18.0 Å². The van der Waals surface area contributed by atoms with E-state index in [1.807, 2.05) is 6.92 Å². The molecule has 1 aromatic carbocycles. The Hall–Kier alpha value is -1.27. The highest BCUT2D eigenvalue weighted by Crippen LogP contribution is 2.38. The Labute approximate surface area is 127 Å². The molecule has 2 atom stereocenters. The first-order chi connectivity index (χ1) is 9.49. The van der Waals surface area contributed by atoms with Crippen LogP contribution in [0.3, 0.4) is 0 Å². The van der Waals surface area contributed by atoms with Gasteiger partial charge in [0.2, 0.25) is 0 Å². The Balaban J connectivity index is 3.20. The third-order valence-corrected chi connectivity index (χ3v) is 3.83. The lowest BCUT2D eigenvalue weighted by Gasteiger charge is -2.22. The first-order valence-corrected chi connectivity index (χ1v) is 6.96. The second-order valence-electron chi connectivity index (χ2n) is 4.21. The van der Waals surface area contributed by atoms with Crippen molar-refractivity contribution < 1.29 is 24.1 Å². The SMILES string of the molecule is CCC(C(=O)OC)C(O)c1cc(OC)c(OC)cc1Br. The number of aliphatic hydroxyl groups excluding tert-OH is 1. The van der Waals surface area contributed by atoms with E-state index in [2.05, 4.69) is 15.9 Å². The molecule has 1 N–H and O–H groups in total. The lowest BCUT2D eigenvalue weighted by atomic mass is 9.93. The van der Waals surface area contributed by atoms with Gasteiger partial charge >= 0.3 is 5.97 Å². The normalized spacial score (nSPS) is 13.5. The predicted octanol–water partition coefficient (Wildman–Crippen LogP) is 2.70. The van der Waals surface area contributed by atoms with Gasteiger partial charge in [0.15, 0.2) is 11.5 Å². The van der Waals surface area contributed by atoms with Gasteiger partial charge < -0.3 is 19.3 Å². The summed E-state index contributed by atoms with van der Waals surface area (Å²) in [6.45, 7) is 1.82. The lowest BCUT2D eigenvalue weighted by Crippen LogP contribution is -2.23. The molecule has 0 bridgehead atoms. The molecule has 0 heterocycles.